The first kappa shape index (κ1) is 15.0. The monoisotopic (exact) mass is 297 g/mol. The van der Waals surface area contributed by atoms with E-state index in [1.54, 1.807) is 19.1 Å². The normalized spacial score (nSPS) is 19.0. The fourth-order valence-corrected chi connectivity index (χ4v) is 3.21. The number of amides is 1. The topological polar surface area (TPSA) is 87.3 Å². The molecule has 0 aromatic heterocycles. The summed E-state index contributed by atoms with van der Waals surface area (Å²) in [6.07, 6.45) is 1.78. The molecule has 1 aliphatic heterocycles. The van der Waals surface area contributed by atoms with Crippen molar-refractivity contribution in [2.24, 2.45) is 0 Å². The Bertz CT molecular complexity index is 607. The number of rotatable bonds is 4. The Kier molecular flexibility index (Phi) is 4.42. The van der Waals surface area contributed by atoms with Crippen LogP contribution in [0.4, 0.5) is 5.69 Å². The molecule has 0 radical (unpaired) electrons. The second kappa shape index (κ2) is 5.90. The first-order valence-corrected chi connectivity index (χ1v) is 8.01. The Morgan fingerprint density at radius 3 is 2.75 bits per heavy atom. The fourth-order valence-electron chi connectivity index (χ4n) is 2.22. The zero-order valence-electron chi connectivity index (χ0n) is 11.6. The summed E-state index contributed by atoms with van der Waals surface area (Å²) in [4.78, 5) is 12.2. The van der Waals surface area contributed by atoms with Crippen molar-refractivity contribution in [2.75, 3.05) is 18.9 Å². The number of nitrogens with one attached hydrogen (secondary N) is 3. The van der Waals surface area contributed by atoms with Crippen LogP contribution in [0.2, 0.25) is 0 Å². The van der Waals surface area contributed by atoms with E-state index in [9.17, 15) is 13.2 Å². The molecule has 1 amide bonds. The highest BCUT2D eigenvalue weighted by Gasteiger charge is 2.22. The van der Waals surface area contributed by atoms with Gasteiger partial charge in [-0.15, -0.1) is 0 Å². The van der Waals surface area contributed by atoms with E-state index in [2.05, 4.69) is 15.4 Å². The van der Waals surface area contributed by atoms with Crippen LogP contribution >= 0.6 is 0 Å². The summed E-state index contributed by atoms with van der Waals surface area (Å²) in [5, 5.41) is 5.86. The number of aryl methyl sites for hydroxylation is 1. The van der Waals surface area contributed by atoms with Gasteiger partial charge in [-0.05, 0) is 51.1 Å². The highest BCUT2D eigenvalue weighted by Crippen LogP contribution is 2.20. The van der Waals surface area contributed by atoms with Gasteiger partial charge in [0.25, 0.3) is 0 Å². The molecule has 0 unspecified atom stereocenters. The molecule has 1 aromatic rings. The average molecular weight is 297 g/mol. The van der Waals surface area contributed by atoms with E-state index in [1.165, 1.54) is 13.1 Å². The molecular formula is C13H19N3O3S. The lowest BCUT2D eigenvalue weighted by Gasteiger charge is -2.13. The maximum Gasteiger partial charge on any atom is 0.241 e. The highest BCUT2D eigenvalue weighted by atomic mass is 32.2. The van der Waals surface area contributed by atoms with E-state index in [-0.39, 0.29) is 16.8 Å². The molecule has 110 valence electrons. The van der Waals surface area contributed by atoms with Crippen LogP contribution in [0, 0.1) is 6.92 Å². The van der Waals surface area contributed by atoms with E-state index < -0.39 is 10.0 Å². The van der Waals surface area contributed by atoms with Gasteiger partial charge in [0.05, 0.1) is 10.9 Å². The van der Waals surface area contributed by atoms with Gasteiger partial charge in [0.2, 0.25) is 15.9 Å². The third-order valence-corrected chi connectivity index (χ3v) is 4.95. The fraction of sp³-hybridized carbons (Fsp3) is 0.462. The zero-order chi connectivity index (χ0) is 14.8. The summed E-state index contributed by atoms with van der Waals surface area (Å²) in [6, 6.07) is 4.67. The van der Waals surface area contributed by atoms with Gasteiger partial charge < -0.3 is 10.6 Å². The van der Waals surface area contributed by atoms with Gasteiger partial charge in [0.1, 0.15) is 0 Å². The van der Waals surface area contributed by atoms with Gasteiger partial charge in [-0.25, -0.2) is 13.1 Å². The van der Waals surface area contributed by atoms with E-state index in [0.29, 0.717) is 11.3 Å². The molecule has 6 nitrogen and oxygen atoms in total. The maximum atomic E-state index is 12.0. The maximum absolute atomic E-state index is 12.0. The molecule has 3 N–H and O–H groups in total. The molecule has 1 saturated heterocycles. The van der Waals surface area contributed by atoms with Gasteiger partial charge in [-0.1, -0.05) is 6.07 Å². The molecule has 7 heteroatoms. The quantitative estimate of drug-likeness (QED) is 0.759. The Morgan fingerprint density at radius 2 is 2.15 bits per heavy atom. The first-order chi connectivity index (χ1) is 9.44. The summed E-state index contributed by atoms with van der Waals surface area (Å²) in [5.41, 5.74) is 1.12. The highest BCUT2D eigenvalue weighted by molar-refractivity contribution is 7.89. The van der Waals surface area contributed by atoms with Gasteiger partial charge in [-0.3, -0.25) is 4.79 Å². The van der Waals surface area contributed by atoms with Gasteiger partial charge in [-0.2, -0.15) is 0 Å². The molecule has 0 aliphatic carbocycles. The number of sulfonamides is 1. The van der Waals surface area contributed by atoms with Crippen molar-refractivity contribution in [3.63, 3.8) is 0 Å². The largest absolute Gasteiger partial charge is 0.325 e. The van der Waals surface area contributed by atoms with E-state index in [4.69, 9.17) is 0 Å². The van der Waals surface area contributed by atoms with Crippen molar-refractivity contribution in [2.45, 2.75) is 30.7 Å². The zero-order valence-corrected chi connectivity index (χ0v) is 12.4. The van der Waals surface area contributed by atoms with Crippen LogP contribution in [-0.2, 0) is 14.8 Å². The molecular weight excluding hydrogens is 278 g/mol. The predicted molar refractivity (Wildman–Crippen MR) is 77.1 cm³/mol. The molecule has 1 aliphatic rings. The third-order valence-electron chi connectivity index (χ3n) is 3.39. The molecule has 20 heavy (non-hydrogen) atoms. The molecule has 1 atom stereocenters. The van der Waals surface area contributed by atoms with E-state index in [0.717, 1.165) is 19.4 Å². The molecule has 0 spiro atoms. The van der Waals surface area contributed by atoms with Crippen molar-refractivity contribution in [1.29, 1.82) is 0 Å². The van der Waals surface area contributed by atoms with Crippen LogP contribution in [0.3, 0.4) is 0 Å². The van der Waals surface area contributed by atoms with Crippen LogP contribution in [0.25, 0.3) is 0 Å². The van der Waals surface area contributed by atoms with Crippen LogP contribution in [0.1, 0.15) is 18.4 Å². The Hall–Kier alpha value is -1.44. The number of hydrogen-bond donors (Lipinski definition) is 3. The minimum absolute atomic E-state index is 0.126. The number of carbonyl (C=O) groups is 1. The van der Waals surface area contributed by atoms with Gasteiger partial charge >= 0.3 is 0 Å². The number of anilines is 1. The second-order valence-corrected chi connectivity index (χ2v) is 6.68. The molecule has 1 fully saturated rings. The number of benzene rings is 1. The third kappa shape index (κ3) is 3.17. The molecule has 0 saturated carbocycles. The molecule has 0 bridgehead atoms. The van der Waals surface area contributed by atoms with Crippen molar-refractivity contribution in [1.82, 2.24) is 10.0 Å². The van der Waals surface area contributed by atoms with Gasteiger partial charge in [0.15, 0.2) is 0 Å². The lowest BCUT2D eigenvalue weighted by atomic mass is 10.2. The smallest absolute Gasteiger partial charge is 0.241 e. The number of hydrogen-bond acceptors (Lipinski definition) is 4. The summed E-state index contributed by atoms with van der Waals surface area (Å²) < 4.78 is 26.0. The van der Waals surface area contributed by atoms with Crippen molar-refractivity contribution in [3.05, 3.63) is 23.8 Å². The molecule has 1 aromatic carbocycles. The first-order valence-electron chi connectivity index (χ1n) is 6.52. The van der Waals surface area contributed by atoms with Crippen LogP contribution in [0.5, 0.6) is 0 Å². The van der Waals surface area contributed by atoms with Gasteiger partial charge in [0, 0.05) is 5.69 Å². The standard InChI is InChI=1S/C13H19N3O3S/c1-9-5-6-10(8-12(9)20(18,19)14-2)16-13(17)11-4-3-7-15-11/h5-6,8,11,14-15H,3-4,7H2,1-2H3,(H,16,17)/t11-/m0/s1. The SMILES string of the molecule is CNS(=O)(=O)c1cc(NC(=O)[C@@H]2CCCN2)ccc1C. The Balaban J connectivity index is 2.21. The van der Waals surface area contributed by atoms with Crippen LogP contribution in [-0.4, -0.2) is 34.0 Å². The lowest BCUT2D eigenvalue weighted by molar-refractivity contribution is -0.117. The molecule has 1 heterocycles. The van der Waals surface area contributed by atoms with Crippen molar-refractivity contribution >= 4 is 21.6 Å². The minimum atomic E-state index is -3.52. The van der Waals surface area contributed by atoms with Crippen LogP contribution in [0.15, 0.2) is 23.1 Å². The Labute approximate surface area is 119 Å². The summed E-state index contributed by atoms with van der Waals surface area (Å²) in [5.74, 6) is -0.126. The van der Waals surface area contributed by atoms with E-state index >= 15 is 0 Å². The Morgan fingerprint density at radius 1 is 1.40 bits per heavy atom. The summed E-state index contributed by atoms with van der Waals surface area (Å²) >= 11 is 0. The predicted octanol–water partition coefficient (Wildman–Crippen LogP) is 0.594. The van der Waals surface area contributed by atoms with Crippen molar-refractivity contribution < 1.29 is 13.2 Å². The van der Waals surface area contributed by atoms with Crippen molar-refractivity contribution in [3.8, 4) is 0 Å². The summed E-state index contributed by atoms with van der Waals surface area (Å²) in [7, 11) is -2.16. The lowest BCUT2D eigenvalue weighted by Crippen LogP contribution is -2.35. The summed E-state index contributed by atoms with van der Waals surface area (Å²) in [6.45, 7) is 2.56. The minimum Gasteiger partial charge on any atom is -0.325 e. The van der Waals surface area contributed by atoms with Crippen LogP contribution < -0.4 is 15.4 Å². The van der Waals surface area contributed by atoms with E-state index in [1.807, 2.05) is 0 Å². The number of carbonyl (C=O) groups excluding carboxylic acids is 1. The average Bonchev–Trinajstić information content (AvgIpc) is 2.95. The molecule has 2 rings (SSSR count). The second-order valence-electron chi connectivity index (χ2n) is 4.83.